The lowest BCUT2D eigenvalue weighted by atomic mass is 10.0. The minimum Gasteiger partial charge on any atom is -0.493 e. The van der Waals surface area contributed by atoms with Gasteiger partial charge in [0.25, 0.3) is 0 Å². The van der Waals surface area contributed by atoms with E-state index in [0.29, 0.717) is 22.6 Å². The number of likely N-dealkylation sites (tertiary alicyclic amines) is 1. The molecule has 1 aliphatic heterocycles. The van der Waals surface area contributed by atoms with Gasteiger partial charge < -0.3 is 18.8 Å². The van der Waals surface area contributed by atoms with Crippen LogP contribution < -0.4 is 15.1 Å². The van der Waals surface area contributed by atoms with Gasteiger partial charge in [0.1, 0.15) is 5.58 Å². The van der Waals surface area contributed by atoms with Gasteiger partial charge in [0.15, 0.2) is 11.5 Å². The van der Waals surface area contributed by atoms with E-state index in [0.717, 1.165) is 43.3 Å². The molecule has 2 aromatic rings. The quantitative estimate of drug-likeness (QED) is 0.797. The lowest BCUT2D eigenvalue weighted by Crippen LogP contribution is -2.37. The van der Waals surface area contributed by atoms with Crippen molar-refractivity contribution in [2.24, 2.45) is 0 Å². The molecule has 0 unspecified atom stereocenters. The Morgan fingerprint density at radius 1 is 1.12 bits per heavy atom. The number of aryl methyl sites for hydroxylation is 1. The molecule has 3 rings (SSSR count). The summed E-state index contributed by atoms with van der Waals surface area (Å²) in [4.78, 5) is 26.8. The minimum absolute atomic E-state index is 0.0186. The summed E-state index contributed by atoms with van der Waals surface area (Å²) >= 11 is 0. The first kappa shape index (κ1) is 17.3. The van der Waals surface area contributed by atoms with Crippen molar-refractivity contribution >= 4 is 16.9 Å². The molecule has 0 bridgehead atoms. The molecule has 0 atom stereocenters. The van der Waals surface area contributed by atoms with Crippen molar-refractivity contribution in [3.63, 3.8) is 0 Å². The number of carbonyl (C=O) groups is 1. The van der Waals surface area contributed by atoms with E-state index >= 15 is 0 Å². The standard InChI is InChI=1S/C19H23NO5/c1-12-13-9-16(23-2)17(24-3)11-15(13)25-19(22)14(12)10-18(21)20-7-5-4-6-8-20/h9,11H,4-8,10H2,1-3H3. The third kappa shape index (κ3) is 3.34. The van der Waals surface area contributed by atoms with Crippen LogP contribution in [0.2, 0.25) is 0 Å². The Labute approximate surface area is 146 Å². The maximum absolute atomic E-state index is 12.5. The third-order valence-corrected chi connectivity index (χ3v) is 4.83. The zero-order valence-corrected chi connectivity index (χ0v) is 14.9. The van der Waals surface area contributed by atoms with Crippen LogP contribution in [0.25, 0.3) is 11.0 Å². The normalized spacial score (nSPS) is 14.6. The second-order valence-corrected chi connectivity index (χ2v) is 6.31. The molecule has 1 aliphatic rings. The number of hydrogen-bond acceptors (Lipinski definition) is 5. The van der Waals surface area contributed by atoms with E-state index in [2.05, 4.69) is 0 Å². The van der Waals surface area contributed by atoms with E-state index in [4.69, 9.17) is 13.9 Å². The van der Waals surface area contributed by atoms with Crippen molar-refractivity contribution in [2.45, 2.75) is 32.6 Å². The van der Waals surface area contributed by atoms with Crippen molar-refractivity contribution < 1.29 is 18.7 Å². The zero-order chi connectivity index (χ0) is 18.0. The lowest BCUT2D eigenvalue weighted by Gasteiger charge is -2.26. The second-order valence-electron chi connectivity index (χ2n) is 6.31. The SMILES string of the molecule is COc1cc2oc(=O)c(CC(=O)N3CCCCC3)c(C)c2cc1OC. The first-order valence-electron chi connectivity index (χ1n) is 8.51. The molecule has 0 radical (unpaired) electrons. The van der Waals surface area contributed by atoms with Crippen LogP contribution in [0.5, 0.6) is 11.5 Å². The van der Waals surface area contributed by atoms with Crippen LogP contribution in [0, 0.1) is 6.92 Å². The molecule has 1 amide bonds. The first-order chi connectivity index (χ1) is 12.0. The van der Waals surface area contributed by atoms with Crippen molar-refractivity contribution in [2.75, 3.05) is 27.3 Å². The molecule has 2 heterocycles. The molecule has 25 heavy (non-hydrogen) atoms. The number of nitrogens with zero attached hydrogens (tertiary/aromatic N) is 1. The summed E-state index contributed by atoms with van der Waals surface area (Å²) in [7, 11) is 3.08. The number of hydrogen-bond donors (Lipinski definition) is 0. The fourth-order valence-electron chi connectivity index (χ4n) is 3.33. The van der Waals surface area contributed by atoms with Crippen LogP contribution in [0.15, 0.2) is 21.3 Å². The number of rotatable bonds is 4. The van der Waals surface area contributed by atoms with Crippen LogP contribution >= 0.6 is 0 Å². The fourth-order valence-corrected chi connectivity index (χ4v) is 3.33. The number of methoxy groups -OCH3 is 2. The van der Waals surface area contributed by atoms with Gasteiger partial charge in [0.2, 0.25) is 5.91 Å². The average Bonchev–Trinajstić information content (AvgIpc) is 2.64. The van der Waals surface area contributed by atoms with Gasteiger partial charge in [-0.3, -0.25) is 4.79 Å². The highest BCUT2D eigenvalue weighted by molar-refractivity contribution is 5.87. The van der Waals surface area contributed by atoms with Crippen molar-refractivity contribution in [3.8, 4) is 11.5 Å². The fraction of sp³-hybridized carbons (Fsp3) is 0.474. The summed E-state index contributed by atoms with van der Waals surface area (Å²) in [6.07, 6.45) is 3.27. The highest BCUT2D eigenvalue weighted by atomic mass is 16.5. The topological polar surface area (TPSA) is 69.0 Å². The third-order valence-electron chi connectivity index (χ3n) is 4.83. The van der Waals surface area contributed by atoms with Gasteiger partial charge in [-0.2, -0.15) is 0 Å². The molecule has 1 saturated heterocycles. The largest absolute Gasteiger partial charge is 0.493 e. The van der Waals surface area contributed by atoms with Crippen LogP contribution in [0.4, 0.5) is 0 Å². The number of ether oxygens (including phenoxy) is 2. The van der Waals surface area contributed by atoms with Gasteiger partial charge in [0, 0.05) is 24.5 Å². The summed E-state index contributed by atoms with van der Waals surface area (Å²) in [6, 6.07) is 3.42. The molecule has 1 fully saturated rings. The summed E-state index contributed by atoms with van der Waals surface area (Å²) in [6.45, 7) is 3.37. The molecule has 6 nitrogen and oxygen atoms in total. The van der Waals surface area contributed by atoms with E-state index in [1.165, 1.54) is 7.11 Å². The van der Waals surface area contributed by atoms with E-state index in [1.54, 1.807) is 19.2 Å². The highest BCUT2D eigenvalue weighted by Gasteiger charge is 2.21. The first-order valence-corrected chi connectivity index (χ1v) is 8.51. The maximum atomic E-state index is 12.5. The Balaban J connectivity index is 2.00. The molecule has 0 spiro atoms. The Morgan fingerprint density at radius 2 is 1.76 bits per heavy atom. The number of amides is 1. The van der Waals surface area contributed by atoms with Crippen molar-refractivity contribution in [3.05, 3.63) is 33.7 Å². The van der Waals surface area contributed by atoms with Crippen LogP contribution in [0.1, 0.15) is 30.4 Å². The molecular formula is C19H23NO5. The molecular weight excluding hydrogens is 322 g/mol. The monoisotopic (exact) mass is 345 g/mol. The summed E-state index contributed by atoms with van der Waals surface area (Å²) < 4.78 is 16.0. The van der Waals surface area contributed by atoms with Gasteiger partial charge in [-0.15, -0.1) is 0 Å². The molecule has 1 aromatic carbocycles. The van der Waals surface area contributed by atoms with Crippen molar-refractivity contribution in [1.29, 1.82) is 0 Å². The molecule has 0 saturated carbocycles. The lowest BCUT2D eigenvalue weighted by molar-refractivity contribution is -0.131. The Kier molecular flexibility index (Phi) is 4.97. The minimum atomic E-state index is -0.470. The average molecular weight is 345 g/mol. The van der Waals surface area contributed by atoms with Gasteiger partial charge in [-0.1, -0.05) is 0 Å². The van der Waals surface area contributed by atoms with E-state index in [9.17, 15) is 9.59 Å². The van der Waals surface area contributed by atoms with Crippen LogP contribution in [0.3, 0.4) is 0 Å². The highest BCUT2D eigenvalue weighted by Crippen LogP contribution is 2.33. The summed E-state index contributed by atoms with van der Waals surface area (Å²) in [5, 5.41) is 0.749. The second kappa shape index (κ2) is 7.17. The number of carbonyl (C=O) groups excluding carboxylic acids is 1. The zero-order valence-electron chi connectivity index (χ0n) is 14.9. The molecule has 0 N–H and O–H groups in total. The van der Waals surface area contributed by atoms with E-state index < -0.39 is 5.63 Å². The Morgan fingerprint density at radius 3 is 2.40 bits per heavy atom. The number of piperidine rings is 1. The van der Waals surface area contributed by atoms with Crippen LogP contribution in [-0.4, -0.2) is 38.1 Å². The van der Waals surface area contributed by atoms with Crippen molar-refractivity contribution in [1.82, 2.24) is 4.90 Å². The maximum Gasteiger partial charge on any atom is 0.340 e. The summed E-state index contributed by atoms with van der Waals surface area (Å²) in [5.74, 6) is 1.03. The van der Waals surface area contributed by atoms with E-state index in [1.807, 2.05) is 11.8 Å². The van der Waals surface area contributed by atoms with Gasteiger partial charge in [-0.25, -0.2) is 4.79 Å². The number of fused-ring (bicyclic) bond motifs is 1. The molecule has 0 aliphatic carbocycles. The Hall–Kier alpha value is -2.50. The van der Waals surface area contributed by atoms with Gasteiger partial charge in [0.05, 0.1) is 26.2 Å². The van der Waals surface area contributed by atoms with Gasteiger partial charge in [-0.05, 0) is 37.8 Å². The molecule has 134 valence electrons. The van der Waals surface area contributed by atoms with E-state index in [-0.39, 0.29) is 12.3 Å². The van der Waals surface area contributed by atoms with Crippen LogP contribution in [-0.2, 0) is 11.2 Å². The summed E-state index contributed by atoms with van der Waals surface area (Å²) in [5.41, 5.74) is 1.12. The van der Waals surface area contributed by atoms with Gasteiger partial charge >= 0.3 is 5.63 Å². The number of benzene rings is 1. The Bertz CT molecular complexity index is 849. The molecule has 6 heteroatoms. The predicted octanol–water partition coefficient (Wildman–Crippen LogP) is 2.67. The smallest absolute Gasteiger partial charge is 0.340 e. The predicted molar refractivity (Wildman–Crippen MR) is 94.5 cm³/mol. The molecule has 1 aromatic heterocycles.